The van der Waals surface area contributed by atoms with Gasteiger partial charge in [-0.1, -0.05) is 0 Å². The maximum atomic E-state index is 12.1. The number of hydrogen-bond acceptors (Lipinski definition) is 5. The van der Waals surface area contributed by atoms with Crippen molar-refractivity contribution in [2.24, 2.45) is 0 Å². The number of likely N-dealkylation sites (tertiary alicyclic amines) is 1. The summed E-state index contributed by atoms with van der Waals surface area (Å²) in [7, 11) is 0. The van der Waals surface area contributed by atoms with Crippen molar-refractivity contribution in [3.05, 3.63) is 0 Å². The maximum absolute atomic E-state index is 12.1. The molecule has 0 saturated carbocycles. The molecule has 0 aromatic rings. The first-order valence-corrected chi connectivity index (χ1v) is 7.63. The summed E-state index contributed by atoms with van der Waals surface area (Å²) in [5, 5.41) is 3.10. The maximum Gasteiger partial charge on any atom is 0.234 e. The zero-order chi connectivity index (χ0) is 13.8. The number of carbonyl (C=O) groups is 1. The van der Waals surface area contributed by atoms with Gasteiger partial charge in [0.2, 0.25) is 5.91 Å². The molecule has 3 fully saturated rings. The Morgan fingerprint density at radius 2 is 1.95 bits per heavy atom. The van der Waals surface area contributed by atoms with Crippen LogP contribution in [0.25, 0.3) is 0 Å². The predicted octanol–water partition coefficient (Wildman–Crippen LogP) is 0.121. The first-order chi connectivity index (χ1) is 9.76. The Kier molecular flexibility index (Phi) is 4.55. The van der Waals surface area contributed by atoms with Gasteiger partial charge < -0.3 is 19.5 Å². The second kappa shape index (κ2) is 6.39. The highest BCUT2D eigenvalue weighted by atomic mass is 16.7. The van der Waals surface area contributed by atoms with Crippen molar-refractivity contribution >= 4 is 5.91 Å². The first kappa shape index (κ1) is 14.3. The Hall–Kier alpha value is -0.690. The fourth-order valence-corrected chi connectivity index (χ4v) is 3.26. The first-order valence-electron chi connectivity index (χ1n) is 7.63. The minimum absolute atomic E-state index is 0.104. The number of nitrogens with zero attached hydrogens (tertiary/aromatic N) is 1. The highest BCUT2D eigenvalue weighted by Gasteiger charge is 2.41. The van der Waals surface area contributed by atoms with Gasteiger partial charge in [0.1, 0.15) is 0 Å². The van der Waals surface area contributed by atoms with E-state index in [4.69, 9.17) is 14.2 Å². The van der Waals surface area contributed by atoms with Crippen molar-refractivity contribution in [1.29, 1.82) is 0 Å². The molecule has 3 rings (SSSR count). The lowest BCUT2D eigenvalue weighted by Crippen LogP contribution is -2.52. The molecule has 1 amide bonds. The molecule has 0 bridgehead atoms. The van der Waals surface area contributed by atoms with Crippen LogP contribution in [0, 0.1) is 0 Å². The van der Waals surface area contributed by atoms with Crippen LogP contribution >= 0.6 is 0 Å². The van der Waals surface area contributed by atoms with E-state index in [1.165, 1.54) is 0 Å². The second-order valence-corrected chi connectivity index (χ2v) is 5.88. The third-order valence-electron chi connectivity index (χ3n) is 4.26. The Bertz CT molecular complexity index is 338. The molecule has 0 aromatic heterocycles. The van der Waals surface area contributed by atoms with E-state index in [0.717, 1.165) is 45.4 Å². The molecule has 6 nitrogen and oxygen atoms in total. The van der Waals surface area contributed by atoms with Gasteiger partial charge in [-0.3, -0.25) is 9.69 Å². The highest BCUT2D eigenvalue weighted by Crippen LogP contribution is 2.29. The van der Waals surface area contributed by atoms with E-state index in [1.54, 1.807) is 0 Å². The molecule has 0 unspecified atom stereocenters. The van der Waals surface area contributed by atoms with E-state index in [9.17, 15) is 4.79 Å². The van der Waals surface area contributed by atoms with Gasteiger partial charge >= 0.3 is 0 Å². The molecule has 20 heavy (non-hydrogen) atoms. The van der Waals surface area contributed by atoms with Gasteiger partial charge in [-0.15, -0.1) is 0 Å². The van der Waals surface area contributed by atoms with Crippen LogP contribution in [0.1, 0.15) is 25.7 Å². The van der Waals surface area contributed by atoms with Crippen LogP contribution in [-0.4, -0.2) is 68.7 Å². The van der Waals surface area contributed by atoms with E-state index < -0.39 is 5.79 Å². The van der Waals surface area contributed by atoms with Crippen molar-refractivity contribution in [2.45, 2.75) is 37.5 Å². The molecular weight excluding hydrogens is 260 g/mol. The molecule has 6 heteroatoms. The fourth-order valence-electron chi connectivity index (χ4n) is 3.26. The quantitative estimate of drug-likeness (QED) is 0.798. The van der Waals surface area contributed by atoms with Crippen molar-refractivity contribution in [3.63, 3.8) is 0 Å². The van der Waals surface area contributed by atoms with Crippen LogP contribution in [0.5, 0.6) is 0 Å². The zero-order valence-corrected chi connectivity index (χ0v) is 11.9. The molecule has 3 aliphatic heterocycles. The molecule has 3 aliphatic rings. The third kappa shape index (κ3) is 3.49. The van der Waals surface area contributed by atoms with E-state index in [0.29, 0.717) is 26.3 Å². The van der Waals surface area contributed by atoms with Gasteiger partial charge in [-0.2, -0.15) is 0 Å². The molecule has 3 saturated heterocycles. The Morgan fingerprint density at radius 3 is 2.70 bits per heavy atom. The molecule has 1 spiro atoms. The van der Waals surface area contributed by atoms with E-state index in [1.807, 2.05) is 0 Å². The molecule has 114 valence electrons. The lowest BCUT2D eigenvalue weighted by Gasteiger charge is -2.38. The summed E-state index contributed by atoms with van der Waals surface area (Å²) in [6, 6.07) is 0.272. The second-order valence-electron chi connectivity index (χ2n) is 5.88. The number of amides is 1. The highest BCUT2D eigenvalue weighted by molar-refractivity contribution is 5.78. The Labute approximate surface area is 119 Å². The monoisotopic (exact) mass is 284 g/mol. The van der Waals surface area contributed by atoms with Crippen LogP contribution in [0.2, 0.25) is 0 Å². The number of carbonyl (C=O) groups excluding carboxylic acids is 1. The molecule has 1 N–H and O–H groups in total. The minimum Gasteiger partial charge on any atom is -0.381 e. The fraction of sp³-hybridized carbons (Fsp3) is 0.929. The molecule has 0 atom stereocenters. The topological polar surface area (TPSA) is 60.0 Å². The lowest BCUT2D eigenvalue weighted by atomic mass is 10.0. The van der Waals surface area contributed by atoms with E-state index in [2.05, 4.69) is 10.2 Å². The average Bonchev–Trinajstić information content (AvgIpc) is 2.87. The Morgan fingerprint density at radius 1 is 1.20 bits per heavy atom. The van der Waals surface area contributed by atoms with Crippen LogP contribution in [-0.2, 0) is 19.0 Å². The number of piperidine rings is 1. The molecular formula is C14H24N2O4. The zero-order valence-electron chi connectivity index (χ0n) is 11.9. The number of hydrogen-bond donors (Lipinski definition) is 1. The standard InChI is InChI=1S/C14H24N2O4/c17-13(15-12-2-6-18-7-3-12)10-16-5-1-4-14(11-16)19-8-9-20-14/h12H,1-11H2,(H,15,17). The van der Waals surface area contributed by atoms with Gasteiger partial charge in [-0.05, 0) is 25.8 Å². The predicted molar refractivity (Wildman–Crippen MR) is 72.3 cm³/mol. The molecule has 3 heterocycles. The summed E-state index contributed by atoms with van der Waals surface area (Å²) < 4.78 is 16.8. The molecule has 0 radical (unpaired) electrons. The van der Waals surface area contributed by atoms with Gasteiger partial charge in [0.05, 0.1) is 26.3 Å². The van der Waals surface area contributed by atoms with Crippen molar-refractivity contribution < 1.29 is 19.0 Å². The summed E-state index contributed by atoms with van der Waals surface area (Å²) in [5.41, 5.74) is 0. The van der Waals surface area contributed by atoms with Gasteiger partial charge in [0, 0.05) is 25.7 Å². The van der Waals surface area contributed by atoms with Crippen molar-refractivity contribution in [2.75, 3.05) is 46.1 Å². The normalized spacial score (nSPS) is 27.8. The van der Waals surface area contributed by atoms with Crippen molar-refractivity contribution in [1.82, 2.24) is 10.2 Å². The summed E-state index contributed by atoms with van der Waals surface area (Å²) in [5.74, 6) is -0.344. The van der Waals surface area contributed by atoms with Gasteiger partial charge in [0.25, 0.3) is 0 Å². The van der Waals surface area contributed by atoms with E-state index >= 15 is 0 Å². The average molecular weight is 284 g/mol. The van der Waals surface area contributed by atoms with Crippen molar-refractivity contribution in [3.8, 4) is 0 Å². The summed E-state index contributed by atoms with van der Waals surface area (Å²) in [6.07, 6.45) is 3.79. The van der Waals surface area contributed by atoms with Gasteiger partial charge in [-0.25, -0.2) is 0 Å². The lowest BCUT2D eigenvalue weighted by molar-refractivity contribution is -0.189. The summed E-state index contributed by atoms with van der Waals surface area (Å²) >= 11 is 0. The number of ether oxygens (including phenoxy) is 3. The Balaban J connectivity index is 1.45. The van der Waals surface area contributed by atoms with E-state index in [-0.39, 0.29) is 11.9 Å². The van der Waals surface area contributed by atoms with Crippen LogP contribution in [0.3, 0.4) is 0 Å². The third-order valence-corrected chi connectivity index (χ3v) is 4.26. The largest absolute Gasteiger partial charge is 0.381 e. The number of nitrogens with one attached hydrogen (secondary N) is 1. The van der Waals surface area contributed by atoms with Gasteiger partial charge in [0.15, 0.2) is 5.79 Å². The van der Waals surface area contributed by atoms with Crippen LogP contribution in [0.15, 0.2) is 0 Å². The number of rotatable bonds is 3. The minimum atomic E-state index is -0.447. The SMILES string of the molecule is O=C(CN1CCCC2(C1)OCCO2)NC1CCOCC1. The smallest absolute Gasteiger partial charge is 0.234 e. The van der Waals surface area contributed by atoms with Crippen LogP contribution in [0.4, 0.5) is 0 Å². The summed E-state index contributed by atoms with van der Waals surface area (Å²) in [6.45, 7) is 4.92. The molecule has 0 aromatic carbocycles. The molecule has 0 aliphatic carbocycles. The summed E-state index contributed by atoms with van der Waals surface area (Å²) in [4.78, 5) is 14.2. The van der Waals surface area contributed by atoms with Crippen LogP contribution < -0.4 is 5.32 Å².